The number of urea groups is 1. The Balaban J connectivity index is 1.49. The summed E-state index contributed by atoms with van der Waals surface area (Å²) >= 11 is 0. The first-order valence-corrected chi connectivity index (χ1v) is 8.31. The Labute approximate surface area is 146 Å². The highest BCUT2D eigenvalue weighted by molar-refractivity contribution is 5.74. The summed E-state index contributed by atoms with van der Waals surface area (Å²) in [5, 5.41) is 5.85. The Hall–Kier alpha value is -2.90. The van der Waals surface area contributed by atoms with Gasteiger partial charge in [-0.1, -0.05) is 6.07 Å². The molecular weight excluding hydrogens is 320 g/mol. The van der Waals surface area contributed by atoms with Crippen LogP contribution in [0.25, 0.3) is 0 Å². The molecule has 2 aromatic rings. The number of carbonyl (C=O) groups is 1. The van der Waals surface area contributed by atoms with E-state index in [1.165, 1.54) is 0 Å². The van der Waals surface area contributed by atoms with Gasteiger partial charge in [-0.05, 0) is 25.0 Å². The summed E-state index contributed by atoms with van der Waals surface area (Å²) in [7, 11) is 1.57. The molecule has 25 heavy (non-hydrogen) atoms. The van der Waals surface area contributed by atoms with E-state index in [1.54, 1.807) is 31.6 Å². The fourth-order valence-corrected chi connectivity index (χ4v) is 2.81. The van der Waals surface area contributed by atoms with Gasteiger partial charge in [-0.25, -0.2) is 19.7 Å². The predicted molar refractivity (Wildman–Crippen MR) is 93.4 cm³/mol. The molecule has 3 rings (SSSR count). The minimum absolute atomic E-state index is 0.0656. The van der Waals surface area contributed by atoms with Crippen molar-refractivity contribution in [2.75, 3.05) is 25.1 Å². The monoisotopic (exact) mass is 342 g/mol. The lowest BCUT2D eigenvalue weighted by Crippen LogP contribution is -2.50. The van der Waals surface area contributed by atoms with Crippen LogP contribution in [-0.4, -0.2) is 47.2 Å². The third-order valence-corrected chi connectivity index (χ3v) is 4.01. The second-order valence-corrected chi connectivity index (χ2v) is 5.83. The highest BCUT2D eigenvalue weighted by Gasteiger charge is 2.22. The van der Waals surface area contributed by atoms with Gasteiger partial charge in [-0.2, -0.15) is 0 Å². The van der Waals surface area contributed by atoms with Crippen molar-refractivity contribution in [2.24, 2.45) is 0 Å². The van der Waals surface area contributed by atoms with Gasteiger partial charge in [0.15, 0.2) is 0 Å². The lowest BCUT2D eigenvalue weighted by molar-refractivity contribution is 0.234. The van der Waals surface area contributed by atoms with Crippen molar-refractivity contribution in [3.63, 3.8) is 0 Å². The lowest BCUT2D eigenvalue weighted by Gasteiger charge is -2.33. The molecule has 1 aliphatic heterocycles. The lowest BCUT2D eigenvalue weighted by atomic mass is 10.1. The molecule has 0 bridgehead atoms. The summed E-state index contributed by atoms with van der Waals surface area (Å²) in [5.41, 5.74) is 0.748. The normalized spacial score (nSPS) is 17.0. The van der Waals surface area contributed by atoms with E-state index in [2.05, 4.69) is 30.5 Å². The van der Waals surface area contributed by atoms with Crippen molar-refractivity contribution in [3.8, 4) is 5.88 Å². The van der Waals surface area contributed by atoms with Gasteiger partial charge < -0.3 is 20.3 Å². The van der Waals surface area contributed by atoms with E-state index < -0.39 is 0 Å². The molecule has 1 unspecified atom stereocenters. The molecule has 0 spiro atoms. The largest absolute Gasteiger partial charge is 0.481 e. The van der Waals surface area contributed by atoms with E-state index >= 15 is 0 Å². The molecular formula is C17H22N6O2. The van der Waals surface area contributed by atoms with E-state index in [9.17, 15) is 4.79 Å². The number of anilines is 1. The van der Waals surface area contributed by atoms with Crippen molar-refractivity contribution < 1.29 is 9.53 Å². The molecule has 1 saturated heterocycles. The summed E-state index contributed by atoms with van der Waals surface area (Å²) in [6.45, 7) is 1.95. The number of hydrogen-bond donors (Lipinski definition) is 2. The molecule has 8 nitrogen and oxygen atoms in total. The quantitative estimate of drug-likeness (QED) is 0.852. The summed E-state index contributed by atoms with van der Waals surface area (Å²) in [6.07, 6.45) is 5.38. The summed E-state index contributed by atoms with van der Waals surface area (Å²) < 4.78 is 5.08. The molecule has 8 heteroatoms. The van der Waals surface area contributed by atoms with E-state index in [-0.39, 0.29) is 12.1 Å². The fourth-order valence-electron chi connectivity index (χ4n) is 2.81. The number of methoxy groups -OCH3 is 1. The van der Waals surface area contributed by atoms with Crippen LogP contribution in [0.5, 0.6) is 5.88 Å². The van der Waals surface area contributed by atoms with E-state index in [0.717, 1.165) is 25.1 Å². The zero-order chi connectivity index (χ0) is 17.5. The second kappa shape index (κ2) is 8.27. The van der Waals surface area contributed by atoms with Gasteiger partial charge in [0.05, 0.1) is 19.3 Å². The van der Waals surface area contributed by atoms with Crippen LogP contribution < -0.4 is 20.3 Å². The number of rotatable bonds is 5. The van der Waals surface area contributed by atoms with Crippen LogP contribution in [0.15, 0.2) is 36.7 Å². The number of pyridine rings is 1. The Morgan fingerprint density at radius 1 is 1.32 bits per heavy atom. The first-order chi connectivity index (χ1) is 12.2. The van der Waals surface area contributed by atoms with Crippen molar-refractivity contribution >= 4 is 12.0 Å². The van der Waals surface area contributed by atoms with Gasteiger partial charge in [0.2, 0.25) is 11.8 Å². The second-order valence-electron chi connectivity index (χ2n) is 5.83. The molecule has 2 N–H and O–H groups in total. The molecule has 2 amide bonds. The molecule has 0 aliphatic carbocycles. The molecule has 132 valence electrons. The van der Waals surface area contributed by atoms with Crippen LogP contribution in [0.3, 0.4) is 0 Å². The van der Waals surface area contributed by atoms with E-state index in [4.69, 9.17) is 4.74 Å². The first-order valence-electron chi connectivity index (χ1n) is 8.31. The van der Waals surface area contributed by atoms with Crippen LogP contribution in [0.1, 0.15) is 18.5 Å². The topological polar surface area (TPSA) is 92.3 Å². The highest BCUT2D eigenvalue weighted by atomic mass is 16.5. The van der Waals surface area contributed by atoms with Gasteiger partial charge in [0, 0.05) is 37.6 Å². The van der Waals surface area contributed by atoms with Crippen molar-refractivity contribution in [3.05, 3.63) is 42.4 Å². The SMILES string of the molecule is COc1cccc(CNC(=O)NC2CCCN(c3ncccn3)C2)n1. The maximum atomic E-state index is 12.2. The molecule has 0 aromatic carbocycles. The van der Waals surface area contributed by atoms with Crippen LogP contribution in [0.2, 0.25) is 0 Å². The van der Waals surface area contributed by atoms with Crippen LogP contribution in [0, 0.1) is 0 Å². The number of piperidine rings is 1. The number of amides is 2. The Morgan fingerprint density at radius 3 is 2.96 bits per heavy atom. The van der Waals surface area contributed by atoms with Gasteiger partial charge in [-0.3, -0.25) is 0 Å². The Morgan fingerprint density at radius 2 is 2.16 bits per heavy atom. The Kier molecular flexibility index (Phi) is 5.61. The van der Waals surface area contributed by atoms with Crippen LogP contribution in [0.4, 0.5) is 10.7 Å². The first kappa shape index (κ1) is 16.9. The van der Waals surface area contributed by atoms with E-state index in [1.807, 2.05) is 12.1 Å². The number of ether oxygens (including phenoxy) is 1. The van der Waals surface area contributed by atoms with Crippen LogP contribution in [-0.2, 0) is 6.54 Å². The standard InChI is InChI=1S/C17H22N6O2/c1-25-15-7-2-5-13(21-15)11-20-17(24)22-14-6-3-10-23(12-14)16-18-8-4-9-19-16/h2,4-5,7-9,14H,3,6,10-12H2,1H3,(H2,20,22,24). The molecule has 0 saturated carbocycles. The molecule has 1 fully saturated rings. The summed E-state index contributed by atoms with van der Waals surface area (Å²) in [4.78, 5) is 27.1. The number of carbonyl (C=O) groups excluding carboxylic acids is 1. The number of hydrogen-bond acceptors (Lipinski definition) is 6. The Bertz CT molecular complexity index is 697. The predicted octanol–water partition coefficient (Wildman–Crippen LogP) is 1.35. The zero-order valence-electron chi connectivity index (χ0n) is 14.2. The molecule has 3 heterocycles. The molecule has 0 radical (unpaired) electrons. The van der Waals surface area contributed by atoms with Crippen LogP contribution >= 0.6 is 0 Å². The maximum Gasteiger partial charge on any atom is 0.315 e. The van der Waals surface area contributed by atoms with Gasteiger partial charge in [0.25, 0.3) is 0 Å². The fraction of sp³-hybridized carbons (Fsp3) is 0.412. The molecule has 1 aliphatic rings. The van der Waals surface area contributed by atoms with Crippen molar-refractivity contribution in [1.82, 2.24) is 25.6 Å². The third-order valence-electron chi connectivity index (χ3n) is 4.01. The third kappa shape index (κ3) is 4.79. The molecule has 1 atom stereocenters. The van der Waals surface area contributed by atoms with Gasteiger partial charge in [0.1, 0.15) is 0 Å². The van der Waals surface area contributed by atoms with E-state index in [0.29, 0.717) is 24.9 Å². The number of nitrogens with one attached hydrogen (secondary N) is 2. The molecule has 2 aromatic heterocycles. The van der Waals surface area contributed by atoms with Crippen molar-refractivity contribution in [1.29, 1.82) is 0 Å². The van der Waals surface area contributed by atoms with Crippen molar-refractivity contribution in [2.45, 2.75) is 25.4 Å². The number of aromatic nitrogens is 3. The smallest absolute Gasteiger partial charge is 0.315 e. The minimum atomic E-state index is -0.203. The zero-order valence-corrected chi connectivity index (χ0v) is 14.2. The minimum Gasteiger partial charge on any atom is -0.481 e. The average molecular weight is 342 g/mol. The number of nitrogens with zero attached hydrogens (tertiary/aromatic N) is 4. The highest BCUT2D eigenvalue weighted by Crippen LogP contribution is 2.15. The van der Waals surface area contributed by atoms with Gasteiger partial charge in [-0.15, -0.1) is 0 Å². The maximum absolute atomic E-state index is 12.2. The summed E-state index contributed by atoms with van der Waals surface area (Å²) in [6, 6.07) is 7.12. The van der Waals surface area contributed by atoms with Gasteiger partial charge >= 0.3 is 6.03 Å². The average Bonchev–Trinajstić information content (AvgIpc) is 2.67. The summed E-state index contributed by atoms with van der Waals surface area (Å²) in [5.74, 6) is 1.24.